The van der Waals surface area contributed by atoms with E-state index in [1.165, 1.54) is 5.56 Å². The zero-order chi connectivity index (χ0) is 24.5. The van der Waals surface area contributed by atoms with Crippen LogP contribution in [0.5, 0.6) is 5.75 Å². The Bertz CT molecular complexity index is 1370. The van der Waals surface area contributed by atoms with E-state index in [9.17, 15) is 9.90 Å². The second-order valence-electron chi connectivity index (χ2n) is 9.18. The summed E-state index contributed by atoms with van der Waals surface area (Å²) in [6.07, 6.45) is -0.377. The highest BCUT2D eigenvalue weighted by atomic mass is 35.5. The Morgan fingerprint density at radius 1 is 1.11 bits per heavy atom. The zero-order valence-electron chi connectivity index (χ0n) is 19.8. The van der Waals surface area contributed by atoms with Gasteiger partial charge in [0.05, 0.1) is 17.6 Å². The van der Waals surface area contributed by atoms with Crippen LogP contribution in [0.2, 0.25) is 5.02 Å². The van der Waals surface area contributed by atoms with Crippen LogP contribution in [0.4, 0.5) is 5.69 Å². The molecule has 1 aromatic heterocycles. The Morgan fingerprint density at radius 3 is 2.66 bits per heavy atom. The number of aliphatic hydroxyl groups is 1. The maximum absolute atomic E-state index is 12.9. The van der Waals surface area contributed by atoms with E-state index in [4.69, 9.17) is 21.3 Å². The van der Waals surface area contributed by atoms with Crippen LogP contribution >= 0.6 is 11.6 Å². The van der Waals surface area contributed by atoms with E-state index < -0.39 is 6.10 Å². The third kappa shape index (κ3) is 4.90. The van der Waals surface area contributed by atoms with E-state index in [1.54, 1.807) is 17.0 Å². The van der Waals surface area contributed by atoms with Crippen LogP contribution in [-0.4, -0.2) is 39.8 Å². The minimum Gasteiger partial charge on any atom is -0.491 e. The van der Waals surface area contributed by atoms with Crippen molar-refractivity contribution in [2.24, 2.45) is 0 Å². The molecule has 3 aromatic carbocycles. The van der Waals surface area contributed by atoms with Gasteiger partial charge in [0, 0.05) is 29.6 Å². The second kappa shape index (κ2) is 9.72. The fourth-order valence-electron chi connectivity index (χ4n) is 4.76. The molecule has 0 unspecified atom stereocenters. The molecule has 4 aromatic rings. The molecule has 35 heavy (non-hydrogen) atoms. The van der Waals surface area contributed by atoms with Gasteiger partial charge in [-0.1, -0.05) is 41.4 Å². The van der Waals surface area contributed by atoms with Gasteiger partial charge in [-0.25, -0.2) is 4.98 Å². The maximum Gasteiger partial charge on any atom is 0.227 e. The quantitative estimate of drug-likeness (QED) is 0.384. The third-order valence-corrected chi connectivity index (χ3v) is 6.72. The van der Waals surface area contributed by atoms with Gasteiger partial charge in [0.25, 0.3) is 0 Å². The molecule has 0 spiro atoms. The van der Waals surface area contributed by atoms with E-state index in [0.717, 1.165) is 33.9 Å². The van der Waals surface area contributed by atoms with E-state index in [0.29, 0.717) is 24.5 Å². The number of fused-ring (bicyclic) bond motifs is 1. The molecule has 1 aliphatic heterocycles. The molecule has 1 aliphatic rings. The summed E-state index contributed by atoms with van der Waals surface area (Å²) in [5.74, 6) is 1.54. The number of para-hydroxylation sites is 2. The van der Waals surface area contributed by atoms with Gasteiger partial charge in [-0.05, 0) is 61.9 Å². The van der Waals surface area contributed by atoms with Crippen molar-refractivity contribution in [1.82, 2.24) is 9.55 Å². The van der Waals surface area contributed by atoms with Crippen molar-refractivity contribution in [3.63, 3.8) is 0 Å². The number of nitrogens with zero attached hydrogens (tertiary/aromatic N) is 3. The number of ether oxygens (including phenoxy) is 1. The summed E-state index contributed by atoms with van der Waals surface area (Å²) in [6.45, 7) is 5.06. The predicted octanol–water partition coefficient (Wildman–Crippen LogP) is 5.27. The number of hydrogen-bond acceptors (Lipinski definition) is 4. The van der Waals surface area contributed by atoms with Gasteiger partial charge < -0.3 is 19.3 Å². The van der Waals surface area contributed by atoms with Crippen molar-refractivity contribution in [3.8, 4) is 5.75 Å². The fraction of sp³-hybridized carbons (Fsp3) is 0.286. The normalized spacial score (nSPS) is 16.7. The minimum atomic E-state index is -0.739. The lowest BCUT2D eigenvalue weighted by Gasteiger charge is -2.19. The highest BCUT2D eigenvalue weighted by Gasteiger charge is 2.35. The maximum atomic E-state index is 12.9. The number of amides is 1. The monoisotopic (exact) mass is 489 g/mol. The molecule has 1 saturated heterocycles. The van der Waals surface area contributed by atoms with Crippen LogP contribution in [0, 0.1) is 13.8 Å². The van der Waals surface area contributed by atoms with E-state index in [-0.39, 0.29) is 18.4 Å². The third-order valence-electron chi connectivity index (χ3n) is 6.47. The SMILES string of the molecule is Cc1ccc(OC[C@H](O)Cn2c([C@H]3CC(=O)N(c4ccc(Cl)cc4)C3)nc3ccccc32)c(C)c1. The van der Waals surface area contributed by atoms with Crippen molar-refractivity contribution in [2.75, 3.05) is 18.1 Å². The number of imidazole rings is 1. The molecule has 180 valence electrons. The topological polar surface area (TPSA) is 67.6 Å². The highest BCUT2D eigenvalue weighted by Crippen LogP contribution is 2.34. The molecule has 1 fully saturated rings. The lowest BCUT2D eigenvalue weighted by molar-refractivity contribution is -0.117. The summed E-state index contributed by atoms with van der Waals surface area (Å²) >= 11 is 6.02. The first-order valence-electron chi connectivity index (χ1n) is 11.8. The number of anilines is 1. The van der Waals surface area contributed by atoms with Gasteiger partial charge >= 0.3 is 0 Å². The smallest absolute Gasteiger partial charge is 0.227 e. The summed E-state index contributed by atoms with van der Waals surface area (Å²) in [4.78, 5) is 19.6. The molecule has 6 nitrogen and oxygen atoms in total. The fourth-order valence-corrected chi connectivity index (χ4v) is 4.89. The van der Waals surface area contributed by atoms with Crippen LogP contribution in [0.3, 0.4) is 0 Å². The van der Waals surface area contributed by atoms with Gasteiger partial charge in [-0.3, -0.25) is 4.79 Å². The van der Waals surface area contributed by atoms with Crippen LogP contribution < -0.4 is 9.64 Å². The number of carbonyl (C=O) groups is 1. The Labute approximate surface area is 209 Å². The number of halogens is 1. The van der Waals surface area contributed by atoms with E-state index in [1.807, 2.05) is 66.9 Å². The van der Waals surface area contributed by atoms with Crippen LogP contribution in [0.1, 0.15) is 29.3 Å². The Balaban J connectivity index is 1.37. The lowest BCUT2D eigenvalue weighted by atomic mass is 10.1. The van der Waals surface area contributed by atoms with Gasteiger partial charge in [-0.15, -0.1) is 0 Å². The lowest BCUT2D eigenvalue weighted by Crippen LogP contribution is -2.26. The number of aryl methyl sites for hydroxylation is 2. The predicted molar refractivity (Wildman–Crippen MR) is 138 cm³/mol. The van der Waals surface area contributed by atoms with Crippen molar-refractivity contribution in [2.45, 2.75) is 38.8 Å². The molecule has 0 saturated carbocycles. The number of carbonyl (C=O) groups excluding carboxylic acids is 1. The van der Waals surface area contributed by atoms with Gasteiger partial charge in [-0.2, -0.15) is 0 Å². The summed E-state index contributed by atoms with van der Waals surface area (Å²) in [7, 11) is 0. The standard InChI is InChI=1S/C28H28ClN3O3/c1-18-7-12-26(19(2)13-18)35-17-23(33)16-32-25-6-4-3-5-24(25)30-28(32)20-14-27(34)31(15-20)22-10-8-21(29)9-11-22/h3-13,20,23,33H,14-17H2,1-2H3/t20-,23+/m0/s1. The summed E-state index contributed by atoms with van der Waals surface area (Å²) < 4.78 is 7.96. The number of rotatable bonds is 7. The molecule has 0 bridgehead atoms. The van der Waals surface area contributed by atoms with Crippen LogP contribution in [-0.2, 0) is 11.3 Å². The summed E-state index contributed by atoms with van der Waals surface area (Å²) in [5, 5.41) is 11.5. The molecule has 1 N–H and O–H groups in total. The number of hydrogen-bond donors (Lipinski definition) is 1. The average Bonchev–Trinajstić information content (AvgIpc) is 3.40. The summed E-state index contributed by atoms with van der Waals surface area (Å²) in [5.41, 5.74) is 4.82. The minimum absolute atomic E-state index is 0.0506. The van der Waals surface area contributed by atoms with E-state index >= 15 is 0 Å². The molecule has 0 aliphatic carbocycles. The largest absolute Gasteiger partial charge is 0.491 e. The van der Waals surface area contributed by atoms with Crippen molar-refractivity contribution in [3.05, 3.63) is 88.7 Å². The number of aliphatic hydroxyl groups excluding tert-OH is 1. The zero-order valence-corrected chi connectivity index (χ0v) is 20.6. The first kappa shape index (κ1) is 23.4. The van der Waals surface area contributed by atoms with Gasteiger partial charge in [0.1, 0.15) is 24.3 Å². The molecule has 2 heterocycles. The van der Waals surface area contributed by atoms with Gasteiger partial charge in [0.15, 0.2) is 0 Å². The molecule has 1 amide bonds. The Hall–Kier alpha value is -3.35. The van der Waals surface area contributed by atoms with Crippen LogP contribution in [0.25, 0.3) is 11.0 Å². The first-order chi connectivity index (χ1) is 16.9. The molecule has 2 atom stereocenters. The average molecular weight is 490 g/mol. The Morgan fingerprint density at radius 2 is 1.89 bits per heavy atom. The first-order valence-corrected chi connectivity index (χ1v) is 12.2. The van der Waals surface area contributed by atoms with Crippen LogP contribution in [0.15, 0.2) is 66.7 Å². The van der Waals surface area contributed by atoms with Crippen molar-refractivity contribution < 1.29 is 14.6 Å². The number of aromatic nitrogens is 2. The highest BCUT2D eigenvalue weighted by molar-refractivity contribution is 6.30. The second-order valence-corrected chi connectivity index (χ2v) is 9.62. The molecule has 0 radical (unpaired) electrons. The molecular weight excluding hydrogens is 462 g/mol. The van der Waals surface area contributed by atoms with Gasteiger partial charge in [0.2, 0.25) is 5.91 Å². The van der Waals surface area contributed by atoms with Crippen molar-refractivity contribution >= 4 is 34.2 Å². The molecular formula is C28H28ClN3O3. The number of benzene rings is 3. The van der Waals surface area contributed by atoms with Crippen molar-refractivity contribution in [1.29, 1.82) is 0 Å². The molecule has 5 rings (SSSR count). The molecule has 7 heteroatoms. The summed E-state index contributed by atoms with van der Waals surface area (Å²) in [6, 6.07) is 21.2. The van der Waals surface area contributed by atoms with E-state index in [2.05, 4.69) is 6.07 Å². The Kier molecular flexibility index (Phi) is 6.50.